The molecule has 2 rings (SSSR count). The van der Waals surface area contributed by atoms with E-state index in [4.69, 9.17) is 4.74 Å². The maximum absolute atomic E-state index is 11.5. The number of aromatic amines is 1. The summed E-state index contributed by atoms with van der Waals surface area (Å²) in [6.45, 7) is 2.56. The van der Waals surface area contributed by atoms with Crippen molar-refractivity contribution in [3.05, 3.63) is 47.8 Å². The van der Waals surface area contributed by atoms with Crippen molar-refractivity contribution in [1.82, 2.24) is 15.6 Å². The van der Waals surface area contributed by atoms with Gasteiger partial charge in [0.05, 0.1) is 12.8 Å². The minimum atomic E-state index is -0.334. The molecule has 0 radical (unpaired) electrons. The summed E-state index contributed by atoms with van der Waals surface area (Å²) in [5.74, 6) is 0.473. The van der Waals surface area contributed by atoms with Crippen LogP contribution in [-0.4, -0.2) is 28.9 Å². The number of hydrogen-bond donors (Lipinski definition) is 2. The Morgan fingerprint density at radius 1 is 1.42 bits per heavy atom. The molecular formula is C13H14N4O2. The lowest BCUT2D eigenvalue weighted by Crippen LogP contribution is -2.17. The fourth-order valence-corrected chi connectivity index (χ4v) is 1.42. The average Bonchev–Trinajstić information content (AvgIpc) is 2.95. The second kappa shape index (κ2) is 6.34. The van der Waals surface area contributed by atoms with Gasteiger partial charge in [-0.2, -0.15) is 10.2 Å². The second-order valence-electron chi connectivity index (χ2n) is 3.67. The van der Waals surface area contributed by atoms with Gasteiger partial charge >= 0.3 is 0 Å². The molecule has 19 heavy (non-hydrogen) atoms. The number of nitrogens with zero attached hydrogens (tertiary/aromatic N) is 2. The molecule has 0 bridgehead atoms. The van der Waals surface area contributed by atoms with E-state index in [9.17, 15) is 4.79 Å². The number of hydrazone groups is 1. The predicted molar refractivity (Wildman–Crippen MR) is 71.3 cm³/mol. The molecule has 0 aliphatic rings. The van der Waals surface area contributed by atoms with Crippen LogP contribution in [0.2, 0.25) is 0 Å². The van der Waals surface area contributed by atoms with Crippen molar-refractivity contribution in [2.24, 2.45) is 5.10 Å². The second-order valence-corrected chi connectivity index (χ2v) is 3.67. The Morgan fingerprint density at radius 2 is 2.21 bits per heavy atom. The van der Waals surface area contributed by atoms with E-state index in [1.165, 1.54) is 6.20 Å². The first-order valence-electron chi connectivity index (χ1n) is 5.85. The molecule has 6 heteroatoms. The van der Waals surface area contributed by atoms with Crippen LogP contribution in [0.15, 0.2) is 41.6 Å². The highest BCUT2D eigenvalue weighted by Crippen LogP contribution is 2.10. The number of H-pyrrole nitrogens is 1. The maximum Gasteiger partial charge on any atom is 0.289 e. The lowest BCUT2D eigenvalue weighted by atomic mass is 10.2. The van der Waals surface area contributed by atoms with Gasteiger partial charge in [0, 0.05) is 6.20 Å². The van der Waals surface area contributed by atoms with E-state index < -0.39 is 0 Å². The summed E-state index contributed by atoms with van der Waals surface area (Å²) in [5.41, 5.74) is 3.63. The first-order valence-corrected chi connectivity index (χ1v) is 5.85. The molecule has 0 saturated carbocycles. The summed E-state index contributed by atoms with van der Waals surface area (Å²) in [4.78, 5) is 11.5. The molecule has 2 N–H and O–H groups in total. The van der Waals surface area contributed by atoms with Crippen molar-refractivity contribution >= 4 is 12.1 Å². The highest BCUT2D eigenvalue weighted by molar-refractivity contribution is 5.92. The van der Waals surface area contributed by atoms with Crippen molar-refractivity contribution in [2.75, 3.05) is 6.61 Å². The molecular weight excluding hydrogens is 244 g/mol. The highest BCUT2D eigenvalue weighted by Gasteiger charge is 2.03. The monoisotopic (exact) mass is 258 g/mol. The van der Waals surface area contributed by atoms with Crippen molar-refractivity contribution in [1.29, 1.82) is 0 Å². The van der Waals surface area contributed by atoms with Crippen molar-refractivity contribution in [2.45, 2.75) is 6.92 Å². The van der Waals surface area contributed by atoms with Gasteiger partial charge in [-0.3, -0.25) is 9.89 Å². The topological polar surface area (TPSA) is 79.4 Å². The van der Waals surface area contributed by atoms with Gasteiger partial charge in [-0.1, -0.05) is 0 Å². The summed E-state index contributed by atoms with van der Waals surface area (Å²) in [6, 6.07) is 8.98. The Bertz CT molecular complexity index is 547. The molecule has 1 amide bonds. The van der Waals surface area contributed by atoms with Gasteiger partial charge in [0.2, 0.25) is 0 Å². The molecule has 0 unspecified atom stereocenters. The van der Waals surface area contributed by atoms with Gasteiger partial charge < -0.3 is 4.74 Å². The number of rotatable bonds is 5. The van der Waals surface area contributed by atoms with Gasteiger partial charge in [-0.25, -0.2) is 5.43 Å². The van der Waals surface area contributed by atoms with Crippen LogP contribution in [0.4, 0.5) is 0 Å². The highest BCUT2D eigenvalue weighted by atomic mass is 16.5. The number of amides is 1. The smallest absolute Gasteiger partial charge is 0.289 e. The largest absolute Gasteiger partial charge is 0.494 e. The van der Waals surface area contributed by atoms with E-state index in [0.29, 0.717) is 12.3 Å². The van der Waals surface area contributed by atoms with Crippen LogP contribution < -0.4 is 10.2 Å². The summed E-state index contributed by atoms with van der Waals surface area (Å²) < 4.78 is 5.33. The zero-order valence-corrected chi connectivity index (χ0v) is 10.5. The Morgan fingerprint density at radius 3 is 2.84 bits per heavy atom. The number of nitrogens with one attached hydrogen (secondary N) is 2. The van der Waals surface area contributed by atoms with Gasteiger partial charge in [0.1, 0.15) is 11.4 Å². The Hall–Kier alpha value is -2.63. The quantitative estimate of drug-likeness (QED) is 0.631. The summed E-state index contributed by atoms with van der Waals surface area (Å²) in [7, 11) is 0. The third-order valence-corrected chi connectivity index (χ3v) is 2.32. The zero-order chi connectivity index (χ0) is 13.5. The van der Waals surface area contributed by atoms with Gasteiger partial charge in [-0.15, -0.1) is 0 Å². The van der Waals surface area contributed by atoms with Gasteiger partial charge in [0.15, 0.2) is 0 Å². The van der Waals surface area contributed by atoms with Crippen LogP contribution in [0.3, 0.4) is 0 Å². The fraction of sp³-hybridized carbons (Fsp3) is 0.154. The molecule has 1 aromatic heterocycles. The van der Waals surface area contributed by atoms with Crippen molar-refractivity contribution < 1.29 is 9.53 Å². The van der Waals surface area contributed by atoms with E-state index in [-0.39, 0.29) is 5.91 Å². The van der Waals surface area contributed by atoms with Crippen LogP contribution >= 0.6 is 0 Å². The zero-order valence-electron chi connectivity index (χ0n) is 10.5. The number of ether oxygens (including phenoxy) is 1. The molecule has 0 fully saturated rings. The van der Waals surface area contributed by atoms with Gasteiger partial charge in [-0.05, 0) is 42.8 Å². The van der Waals surface area contributed by atoms with Crippen LogP contribution in [-0.2, 0) is 0 Å². The number of benzene rings is 1. The number of hydrogen-bond acceptors (Lipinski definition) is 4. The molecule has 0 spiro atoms. The first kappa shape index (κ1) is 12.8. The third kappa shape index (κ3) is 3.67. The molecule has 6 nitrogen and oxygen atoms in total. The molecule has 98 valence electrons. The molecule has 0 aliphatic carbocycles. The SMILES string of the molecule is CCOc1ccc(C=NNC(=O)c2ccn[nH]2)cc1. The number of carbonyl (C=O) groups is 1. The van der Waals surface area contributed by atoms with Gasteiger partial charge in [0.25, 0.3) is 5.91 Å². The summed E-state index contributed by atoms with van der Waals surface area (Å²) in [5, 5.41) is 10.1. The van der Waals surface area contributed by atoms with E-state index >= 15 is 0 Å². The molecule has 1 heterocycles. The number of carbonyl (C=O) groups excluding carboxylic acids is 1. The van der Waals surface area contributed by atoms with Crippen molar-refractivity contribution in [3.8, 4) is 5.75 Å². The first-order chi connectivity index (χ1) is 9.29. The van der Waals surface area contributed by atoms with E-state index in [0.717, 1.165) is 11.3 Å². The fourth-order valence-electron chi connectivity index (χ4n) is 1.42. The molecule has 0 saturated heterocycles. The van der Waals surface area contributed by atoms with Crippen molar-refractivity contribution in [3.63, 3.8) is 0 Å². The maximum atomic E-state index is 11.5. The number of aromatic nitrogens is 2. The lowest BCUT2D eigenvalue weighted by molar-refractivity contribution is 0.0950. The van der Waals surface area contributed by atoms with E-state index in [2.05, 4.69) is 20.7 Å². The predicted octanol–water partition coefficient (Wildman–Crippen LogP) is 1.57. The molecule has 1 aromatic carbocycles. The normalized spacial score (nSPS) is 10.6. The molecule has 0 aliphatic heterocycles. The summed E-state index contributed by atoms with van der Waals surface area (Å²) >= 11 is 0. The third-order valence-electron chi connectivity index (χ3n) is 2.32. The summed E-state index contributed by atoms with van der Waals surface area (Å²) in [6.07, 6.45) is 3.06. The lowest BCUT2D eigenvalue weighted by Gasteiger charge is -2.02. The average molecular weight is 258 g/mol. The van der Waals surface area contributed by atoms with Crippen LogP contribution in [0.5, 0.6) is 5.75 Å². The Balaban J connectivity index is 1.90. The minimum Gasteiger partial charge on any atom is -0.494 e. The van der Waals surface area contributed by atoms with E-state index in [1.807, 2.05) is 31.2 Å². The van der Waals surface area contributed by atoms with E-state index in [1.54, 1.807) is 12.3 Å². The molecule has 0 atom stereocenters. The standard InChI is InChI=1S/C13H14N4O2/c1-2-19-11-5-3-10(4-6-11)9-15-17-13(18)12-7-8-14-16-12/h3-9H,2H2,1H3,(H,14,16)(H,17,18). The Labute approximate surface area is 110 Å². The van der Waals surface area contributed by atoms with Crippen LogP contribution in [0.25, 0.3) is 0 Å². The van der Waals surface area contributed by atoms with Crippen LogP contribution in [0.1, 0.15) is 23.0 Å². The Kier molecular flexibility index (Phi) is 4.28. The minimum absolute atomic E-state index is 0.334. The molecule has 2 aromatic rings. The van der Waals surface area contributed by atoms with Crippen LogP contribution in [0, 0.1) is 0 Å².